The number of aromatic nitrogens is 1. The number of hydrogen-bond donors (Lipinski definition) is 0. The summed E-state index contributed by atoms with van der Waals surface area (Å²) in [6, 6.07) is 18.5. The van der Waals surface area contributed by atoms with Crippen LogP contribution < -0.4 is 4.74 Å². The molecule has 0 N–H and O–H groups in total. The Labute approximate surface area is 129 Å². The molecule has 1 heterocycles. The van der Waals surface area contributed by atoms with E-state index >= 15 is 0 Å². The molecule has 0 spiro atoms. The molecule has 1 aromatic heterocycles. The van der Waals surface area contributed by atoms with Gasteiger partial charge in [-0.2, -0.15) is 0 Å². The lowest BCUT2D eigenvalue weighted by molar-refractivity contribution is 0.415. The maximum atomic E-state index is 5.20. The van der Waals surface area contributed by atoms with Crippen LogP contribution in [0.4, 0.5) is 0 Å². The summed E-state index contributed by atoms with van der Waals surface area (Å²) in [6.07, 6.45) is 0.891. The number of hydrogen-bond acceptors (Lipinski definition) is 3. The summed E-state index contributed by atoms with van der Waals surface area (Å²) in [4.78, 5) is 6.06. The van der Waals surface area contributed by atoms with Crippen molar-refractivity contribution in [1.29, 1.82) is 0 Å². The molecule has 0 saturated heterocycles. The van der Waals surface area contributed by atoms with Crippen molar-refractivity contribution in [2.75, 3.05) is 7.11 Å². The van der Waals surface area contributed by atoms with E-state index in [9.17, 15) is 0 Å². The Kier molecular flexibility index (Phi) is 4.02. The van der Waals surface area contributed by atoms with E-state index in [1.807, 2.05) is 18.2 Å². The zero-order chi connectivity index (χ0) is 14.7. The van der Waals surface area contributed by atoms with Gasteiger partial charge >= 0.3 is 0 Å². The van der Waals surface area contributed by atoms with Crippen molar-refractivity contribution >= 4 is 11.3 Å². The molecule has 0 aliphatic rings. The van der Waals surface area contributed by atoms with E-state index in [2.05, 4.69) is 43.3 Å². The monoisotopic (exact) mass is 295 g/mol. The maximum absolute atomic E-state index is 5.20. The Hall–Kier alpha value is -2.13. The minimum absolute atomic E-state index is 0.871. The molecular weight excluding hydrogens is 278 g/mol. The van der Waals surface area contributed by atoms with Gasteiger partial charge in [0.1, 0.15) is 5.75 Å². The summed E-state index contributed by atoms with van der Waals surface area (Å²) in [5.74, 6) is 0.871. The van der Waals surface area contributed by atoms with Gasteiger partial charge in [0.2, 0.25) is 0 Å². The first-order valence-electron chi connectivity index (χ1n) is 6.91. The normalized spacial score (nSPS) is 10.6. The summed E-state index contributed by atoms with van der Waals surface area (Å²) in [5, 5.41) is 1.16. The van der Waals surface area contributed by atoms with Crippen LogP contribution in [0.15, 0.2) is 54.6 Å². The molecule has 106 valence electrons. The van der Waals surface area contributed by atoms with Crippen LogP contribution in [0.3, 0.4) is 0 Å². The first-order valence-corrected chi connectivity index (χ1v) is 7.72. The predicted octanol–water partition coefficient (Wildman–Crippen LogP) is 4.72. The lowest BCUT2D eigenvalue weighted by atomic mass is 10.1. The number of thiazole rings is 1. The van der Waals surface area contributed by atoms with Gasteiger partial charge in [0, 0.05) is 16.9 Å². The highest BCUT2D eigenvalue weighted by Crippen LogP contribution is 2.29. The Morgan fingerprint density at radius 3 is 2.38 bits per heavy atom. The van der Waals surface area contributed by atoms with Crippen molar-refractivity contribution in [3.63, 3.8) is 0 Å². The van der Waals surface area contributed by atoms with Crippen LogP contribution >= 0.6 is 11.3 Å². The topological polar surface area (TPSA) is 22.1 Å². The van der Waals surface area contributed by atoms with Gasteiger partial charge in [-0.3, -0.25) is 0 Å². The fourth-order valence-electron chi connectivity index (χ4n) is 2.31. The van der Waals surface area contributed by atoms with Gasteiger partial charge in [-0.25, -0.2) is 4.98 Å². The third kappa shape index (κ3) is 3.14. The van der Waals surface area contributed by atoms with Crippen LogP contribution in [0.2, 0.25) is 0 Å². The molecular formula is C18H17NOS. The van der Waals surface area contributed by atoms with Crippen LogP contribution in [-0.2, 0) is 6.42 Å². The summed E-state index contributed by atoms with van der Waals surface area (Å²) >= 11 is 1.77. The van der Waals surface area contributed by atoms with Crippen molar-refractivity contribution in [3.05, 3.63) is 70.0 Å². The first kappa shape index (κ1) is 13.8. The summed E-state index contributed by atoms with van der Waals surface area (Å²) < 4.78 is 5.20. The zero-order valence-corrected chi connectivity index (χ0v) is 13.0. The Morgan fingerprint density at radius 1 is 1.00 bits per heavy atom. The lowest BCUT2D eigenvalue weighted by Crippen LogP contribution is -1.87. The van der Waals surface area contributed by atoms with E-state index in [0.717, 1.165) is 28.4 Å². The minimum atomic E-state index is 0.871. The molecule has 0 atom stereocenters. The first-order chi connectivity index (χ1) is 10.3. The van der Waals surface area contributed by atoms with Gasteiger partial charge in [-0.15, -0.1) is 11.3 Å². The highest BCUT2D eigenvalue weighted by molar-refractivity contribution is 7.12. The molecule has 0 fully saturated rings. The van der Waals surface area contributed by atoms with E-state index in [0.29, 0.717) is 0 Å². The molecule has 3 aromatic rings. The van der Waals surface area contributed by atoms with E-state index in [4.69, 9.17) is 9.72 Å². The highest BCUT2D eigenvalue weighted by Gasteiger charge is 2.10. The van der Waals surface area contributed by atoms with Gasteiger partial charge in [0.15, 0.2) is 0 Å². The Morgan fingerprint density at radius 2 is 1.71 bits per heavy atom. The summed E-state index contributed by atoms with van der Waals surface area (Å²) in [7, 11) is 1.68. The fourth-order valence-corrected chi connectivity index (χ4v) is 3.30. The standard InChI is InChI=1S/C18H17NOS/c1-13-18(15-8-10-16(20-2)11-9-15)19-17(21-13)12-14-6-4-3-5-7-14/h3-11H,12H2,1-2H3. The average Bonchev–Trinajstić information content (AvgIpc) is 2.89. The fraction of sp³-hybridized carbons (Fsp3) is 0.167. The predicted molar refractivity (Wildman–Crippen MR) is 88.1 cm³/mol. The SMILES string of the molecule is COc1ccc(-c2nc(Cc3ccccc3)sc2C)cc1. The smallest absolute Gasteiger partial charge is 0.118 e. The quantitative estimate of drug-likeness (QED) is 0.695. The third-order valence-electron chi connectivity index (χ3n) is 3.40. The van der Waals surface area contributed by atoms with Crippen LogP contribution in [0.25, 0.3) is 11.3 Å². The Bertz CT molecular complexity index is 717. The van der Waals surface area contributed by atoms with E-state index in [-0.39, 0.29) is 0 Å². The van der Waals surface area contributed by atoms with E-state index in [1.54, 1.807) is 18.4 Å². The van der Waals surface area contributed by atoms with Crippen LogP contribution in [0.5, 0.6) is 5.75 Å². The third-order valence-corrected chi connectivity index (χ3v) is 4.37. The summed E-state index contributed by atoms with van der Waals surface area (Å²) in [6.45, 7) is 2.13. The van der Waals surface area contributed by atoms with Gasteiger partial charge in [-0.05, 0) is 36.8 Å². The van der Waals surface area contributed by atoms with Gasteiger partial charge in [0.25, 0.3) is 0 Å². The molecule has 2 aromatic carbocycles. The maximum Gasteiger partial charge on any atom is 0.118 e. The van der Waals surface area contributed by atoms with Gasteiger partial charge in [-0.1, -0.05) is 30.3 Å². The van der Waals surface area contributed by atoms with Crippen LogP contribution in [0, 0.1) is 6.92 Å². The number of rotatable bonds is 4. The molecule has 0 unspecified atom stereocenters. The number of methoxy groups -OCH3 is 1. The average molecular weight is 295 g/mol. The number of aryl methyl sites for hydroxylation is 1. The second-order valence-corrected chi connectivity index (χ2v) is 6.19. The number of benzene rings is 2. The van der Waals surface area contributed by atoms with Crippen molar-refractivity contribution in [3.8, 4) is 17.0 Å². The molecule has 0 bridgehead atoms. The Balaban J connectivity index is 1.86. The van der Waals surface area contributed by atoms with Crippen LogP contribution in [0.1, 0.15) is 15.4 Å². The number of ether oxygens (including phenoxy) is 1. The second kappa shape index (κ2) is 6.10. The largest absolute Gasteiger partial charge is 0.497 e. The molecule has 3 rings (SSSR count). The molecule has 3 heteroatoms. The van der Waals surface area contributed by atoms with Gasteiger partial charge < -0.3 is 4.74 Å². The second-order valence-electron chi connectivity index (χ2n) is 4.90. The molecule has 0 amide bonds. The van der Waals surface area contributed by atoms with E-state index < -0.39 is 0 Å². The van der Waals surface area contributed by atoms with Crippen molar-refractivity contribution in [2.45, 2.75) is 13.3 Å². The molecule has 0 aliphatic carbocycles. The molecule has 0 aliphatic heterocycles. The van der Waals surface area contributed by atoms with Gasteiger partial charge in [0.05, 0.1) is 17.8 Å². The molecule has 21 heavy (non-hydrogen) atoms. The highest BCUT2D eigenvalue weighted by atomic mass is 32.1. The molecule has 0 radical (unpaired) electrons. The van der Waals surface area contributed by atoms with Crippen molar-refractivity contribution in [1.82, 2.24) is 4.98 Å². The molecule has 0 saturated carbocycles. The summed E-state index contributed by atoms with van der Waals surface area (Å²) in [5.41, 5.74) is 3.52. The minimum Gasteiger partial charge on any atom is -0.497 e. The molecule has 2 nitrogen and oxygen atoms in total. The van der Waals surface area contributed by atoms with Crippen LogP contribution in [-0.4, -0.2) is 12.1 Å². The van der Waals surface area contributed by atoms with Crippen molar-refractivity contribution < 1.29 is 4.74 Å². The lowest BCUT2D eigenvalue weighted by Gasteiger charge is -2.01. The zero-order valence-electron chi connectivity index (χ0n) is 12.2. The van der Waals surface area contributed by atoms with E-state index in [1.165, 1.54) is 10.4 Å². The number of nitrogens with zero attached hydrogens (tertiary/aromatic N) is 1. The van der Waals surface area contributed by atoms with Crippen molar-refractivity contribution in [2.24, 2.45) is 0 Å².